The van der Waals surface area contributed by atoms with Crippen molar-refractivity contribution in [1.29, 1.82) is 0 Å². The van der Waals surface area contributed by atoms with E-state index in [1.165, 1.54) is 12.3 Å². The Kier molecular flexibility index (Phi) is 9.64. The van der Waals surface area contributed by atoms with Crippen LogP contribution < -0.4 is 11.4 Å². The van der Waals surface area contributed by atoms with Crippen LogP contribution >= 0.6 is 19.6 Å². The van der Waals surface area contributed by atoms with Crippen LogP contribution in [-0.4, -0.2) is 115 Å². The molecule has 1 aromatic heterocycles. The van der Waals surface area contributed by atoms with Crippen LogP contribution in [0, 0.1) is 0 Å². The van der Waals surface area contributed by atoms with Crippen molar-refractivity contribution in [3.05, 3.63) is 22.7 Å². The third kappa shape index (κ3) is 6.76. The highest BCUT2D eigenvalue weighted by atomic mass is 32.2. The first-order chi connectivity index (χ1) is 16.4. The van der Waals surface area contributed by atoms with Crippen molar-refractivity contribution in [3.63, 3.8) is 0 Å². The summed E-state index contributed by atoms with van der Waals surface area (Å²) in [6.07, 6.45) is -9.83. The van der Waals surface area contributed by atoms with E-state index in [9.17, 15) is 39.1 Å². The second kappa shape index (κ2) is 11.9. The molecule has 2 aliphatic rings. The smallest absolute Gasteiger partial charge is 0.394 e. The molecule has 35 heavy (non-hydrogen) atoms. The number of rotatable bonds is 10. The molecule has 3 rings (SSSR count). The number of alkyl halides is 1. The topological polar surface area (TPSA) is 236 Å². The van der Waals surface area contributed by atoms with Crippen LogP contribution in [0.25, 0.3) is 0 Å². The molecule has 1 aromatic rings. The highest BCUT2D eigenvalue weighted by molar-refractivity contribution is 8.00. The largest absolute Gasteiger partial charge is 0.472 e. The van der Waals surface area contributed by atoms with E-state index in [0.29, 0.717) is 0 Å². The standard InChI is InChI=1S/C17H27FN3O12PS/c18-10-12(24)8(35-15(10)21-2-1-9(19)20-17(21)27)6-32-34(28,29)31-4-3-30-16-14(26)13(25)11(23)7(5-22)33-16/h1-2,7-8,10-16,22-26H,3-6H2,(H,28,29)(H2,19,20,27)/t7?,8-,10+,11-,12-,13?,14?,15-,16-/m1/s1. The van der Waals surface area contributed by atoms with Gasteiger partial charge in [-0.25, -0.2) is 13.8 Å². The van der Waals surface area contributed by atoms with Gasteiger partial charge in [-0.15, -0.1) is 11.8 Å². The molecule has 2 saturated heterocycles. The normalized spacial score (nSPS) is 37.3. The quantitative estimate of drug-likeness (QED) is 0.115. The maximum absolute atomic E-state index is 14.6. The van der Waals surface area contributed by atoms with Crippen LogP contribution in [0.5, 0.6) is 0 Å². The SMILES string of the molecule is Nc1ccn([C@@H]2S[C@H](COP(=O)(O)OCCO[C@@H]3OC(CO)[C@@H](O)C(O)C3O)[C@@H](O)[C@@H]2F)c(=O)n1. The number of nitrogens with zero attached hydrogens (tertiary/aromatic N) is 2. The summed E-state index contributed by atoms with van der Waals surface area (Å²) in [5, 5.41) is 46.4. The average molecular weight is 547 g/mol. The summed E-state index contributed by atoms with van der Waals surface area (Å²) in [4.78, 5) is 25.3. The van der Waals surface area contributed by atoms with Crippen LogP contribution in [-0.2, 0) is 23.1 Å². The fraction of sp³-hybridized carbons (Fsp3) is 0.765. The van der Waals surface area contributed by atoms with E-state index in [4.69, 9.17) is 29.4 Å². The summed E-state index contributed by atoms with van der Waals surface area (Å²) in [5.74, 6) is -0.0565. The van der Waals surface area contributed by atoms with Crippen LogP contribution in [0.4, 0.5) is 10.2 Å². The number of phosphoric acid groups is 1. The van der Waals surface area contributed by atoms with Crippen LogP contribution in [0.15, 0.2) is 17.1 Å². The Labute approximate surface area is 201 Å². The lowest BCUT2D eigenvalue weighted by Gasteiger charge is -2.39. The molecular weight excluding hydrogens is 520 g/mol. The highest BCUT2D eigenvalue weighted by Crippen LogP contribution is 2.48. The fourth-order valence-corrected chi connectivity index (χ4v) is 5.66. The molecule has 4 unspecified atom stereocenters. The van der Waals surface area contributed by atoms with Gasteiger partial charge in [0.05, 0.1) is 31.7 Å². The van der Waals surface area contributed by atoms with E-state index >= 15 is 0 Å². The number of ether oxygens (including phenoxy) is 2. The molecule has 0 amide bonds. The molecule has 0 bridgehead atoms. The molecule has 0 aliphatic carbocycles. The highest BCUT2D eigenvalue weighted by Gasteiger charge is 2.46. The summed E-state index contributed by atoms with van der Waals surface area (Å²) in [6, 6.07) is 1.28. The van der Waals surface area contributed by atoms with Gasteiger partial charge in [0.15, 0.2) is 12.5 Å². The number of halogens is 1. The maximum Gasteiger partial charge on any atom is 0.472 e. The predicted octanol–water partition coefficient (Wildman–Crippen LogP) is -2.91. The zero-order valence-electron chi connectivity index (χ0n) is 18.0. The molecule has 15 nitrogen and oxygen atoms in total. The summed E-state index contributed by atoms with van der Waals surface area (Å²) < 4.78 is 47.4. The third-order valence-electron chi connectivity index (χ3n) is 5.29. The first-order valence-corrected chi connectivity index (χ1v) is 12.7. The van der Waals surface area contributed by atoms with Gasteiger partial charge in [-0.1, -0.05) is 0 Å². The van der Waals surface area contributed by atoms with Crippen molar-refractivity contribution in [2.24, 2.45) is 0 Å². The van der Waals surface area contributed by atoms with E-state index in [2.05, 4.69) is 4.98 Å². The van der Waals surface area contributed by atoms with Gasteiger partial charge in [0.1, 0.15) is 41.7 Å². The molecule has 18 heteroatoms. The Hall–Kier alpha value is -1.21. The number of anilines is 1. The minimum atomic E-state index is -4.68. The second-order valence-electron chi connectivity index (χ2n) is 7.71. The summed E-state index contributed by atoms with van der Waals surface area (Å²) >= 11 is 0.801. The van der Waals surface area contributed by atoms with Gasteiger partial charge in [-0.05, 0) is 6.07 Å². The van der Waals surface area contributed by atoms with Gasteiger partial charge in [-0.2, -0.15) is 4.98 Å². The molecule has 0 spiro atoms. The molecule has 200 valence electrons. The second-order valence-corrected chi connectivity index (χ2v) is 10.5. The summed E-state index contributed by atoms with van der Waals surface area (Å²) in [5.41, 5.74) is 4.58. The van der Waals surface area contributed by atoms with Crippen LogP contribution in [0.2, 0.25) is 0 Å². The lowest BCUT2D eigenvalue weighted by atomic mass is 9.99. The average Bonchev–Trinajstić information content (AvgIpc) is 3.09. The molecule has 10 atom stereocenters. The predicted molar refractivity (Wildman–Crippen MR) is 116 cm³/mol. The van der Waals surface area contributed by atoms with Crippen molar-refractivity contribution in [1.82, 2.24) is 9.55 Å². The van der Waals surface area contributed by atoms with Gasteiger partial charge in [-0.3, -0.25) is 13.6 Å². The summed E-state index contributed by atoms with van der Waals surface area (Å²) in [6.45, 7) is -2.21. The molecule has 8 N–H and O–H groups in total. The lowest BCUT2D eigenvalue weighted by molar-refractivity contribution is -0.301. The van der Waals surface area contributed by atoms with E-state index in [1.54, 1.807) is 0 Å². The minimum absolute atomic E-state index is 0.0565. The van der Waals surface area contributed by atoms with Gasteiger partial charge < -0.3 is 45.6 Å². The number of aliphatic hydroxyl groups excluding tert-OH is 5. The van der Waals surface area contributed by atoms with Crippen molar-refractivity contribution >= 4 is 25.4 Å². The molecule has 0 radical (unpaired) electrons. The van der Waals surface area contributed by atoms with Gasteiger partial charge in [0, 0.05) is 6.20 Å². The Balaban J connectivity index is 1.46. The molecule has 2 fully saturated rings. The zero-order chi connectivity index (χ0) is 25.9. The number of hydrogen-bond acceptors (Lipinski definition) is 14. The number of aromatic nitrogens is 2. The number of hydrogen-bond donors (Lipinski definition) is 7. The van der Waals surface area contributed by atoms with Crippen molar-refractivity contribution in [2.45, 2.75) is 53.6 Å². The number of thioether (sulfide) groups is 1. The van der Waals surface area contributed by atoms with E-state index in [0.717, 1.165) is 16.3 Å². The zero-order valence-corrected chi connectivity index (χ0v) is 19.7. The molecular formula is C17H27FN3O12PS. The van der Waals surface area contributed by atoms with E-state index in [1.807, 2.05) is 0 Å². The monoisotopic (exact) mass is 547 g/mol. The number of nitrogens with two attached hydrogens (primary N) is 1. The Bertz CT molecular complexity index is 959. The molecule has 2 aliphatic heterocycles. The fourth-order valence-electron chi connectivity index (χ4n) is 3.41. The van der Waals surface area contributed by atoms with Gasteiger partial charge in [0.2, 0.25) is 0 Å². The lowest BCUT2D eigenvalue weighted by Crippen LogP contribution is -2.59. The minimum Gasteiger partial charge on any atom is -0.394 e. The Morgan fingerprint density at radius 2 is 1.89 bits per heavy atom. The van der Waals surface area contributed by atoms with Gasteiger partial charge >= 0.3 is 13.5 Å². The van der Waals surface area contributed by atoms with E-state index < -0.39 is 93.5 Å². The third-order valence-corrected chi connectivity index (χ3v) is 7.80. The molecule has 0 aromatic carbocycles. The van der Waals surface area contributed by atoms with E-state index in [-0.39, 0.29) is 5.82 Å². The first-order valence-electron chi connectivity index (χ1n) is 10.3. The van der Waals surface area contributed by atoms with Crippen molar-refractivity contribution in [2.75, 3.05) is 32.2 Å². The first kappa shape index (κ1) is 28.4. The van der Waals surface area contributed by atoms with Crippen LogP contribution in [0.3, 0.4) is 0 Å². The Morgan fingerprint density at radius 1 is 1.17 bits per heavy atom. The summed E-state index contributed by atoms with van der Waals surface area (Å²) in [7, 11) is -4.68. The van der Waals surface area contributed by atoms with Gasteiger partial charge in [0.25, 0.3) is 0 Å². The number of nitrogen functional groups attached to an aromatic ring is 1. The van der Waals surface area contributed by atoms with Crippen molar-refractivity contribution in [3.8, 4) is 0 Å². The Morgan fingerprint density at radius 3 is 2.54 bits per heavy atom. The van der Waals surface area contributed by atoms with Crippen LogP contribution in [0.1, 0.15) is 5.37 Å². The number of phosphoric ester groups is 1. The molecule has 0 saturated carbocycles. The maximum atomic E-state index is 14.6. The molecule has 3 heterocycles. The number of aliphatic hydroxyl groups is 5. The van der Waals surface area contributed by atoms with Crippen molar-refractivity contribution < 1.29 is 57.9 Å².